The molecule has 0 spiro atoms. The number of aromatic nitrogens is 6. The fourth-order valence-electron chi connectivity index (χ4n) is 3.33. The highest BCUT2D eigenvalue weighted by atomic mass is 32.2. The Morgan fingerprint density at radius 3 is 2.77 bits per heavy atom. The van der Waals surface area contributed by atoms with Gasteiger partial charge in [-0.05, 0) is 37.1 Å². The Morgan fingerprint density at radius 2 is 2.10 bits per heavy atom. The number of carbonyl (C=O) groups excluding carboxylic acids is 1. The van der Waals surface area contributed by atoms with Crippen LogP contribution < -0.4 is 5.32 Å². The zero-order valence-corrected chi connectivity index (χ0v) is 18.8. The van der Waals surface area contributed by atoms with Crippen molar-refractivity contribution in [3.05, 3.63) is 47.7 Å². The van der Waals surface area contributed by atoms with Gasteiger partial charge in [-0.3, -0.25) is 4.79 Å². The van der Waals surface area contributed by atoms with Crippen LogP contribution in [0.4, 0.5) is 0 Å². The number of thioether (sulfide) groups is 1. The second kappa shape index (κ2) is 10.4. The van der Waals surface area contributed by atoms with Gasteiger partial charge in [-0.1, -0.05) is 38.6 Å². The molecule has 0 saturated carbocycles. The van der Waals surface area contributed by atoms with E-state index in [2.05, 4.69) is 44.0 Å². The molecular formula is C21H29N7OS. The maximum Gasteiger partial charge on any atom is 0.254 e. The third-order valence-electron chi connectivity index (χ3n) is 4.70. The van der Waals surface area contributed by atoms with Gasteiger partial charge in [-0.2, -0.15) is 5.10 Å². The molecule has 0 unspecified atom stereocenters. The van der Waals surface area contributed by atoms with Crippen molar-refractivity contribution in [3.63, 3.8) is 0 Å². The van der Waals surface area contributed by atoms with E-state index in [1.54, 1.807) is 28.8 Å². The summed E-state index contributed by atoms with van der Waals surface area (Å²) >= 11 is 1.61. The number of aryl methyl sites for hydroxylation is 1. The van der Waals surface area contributed by atoms with Gasteiger partial charge in [0.1, 0.15) is 5.82 Å². The molecule has 0 radical (unpaired) electrons. The Morgan fingerprint density at radius 1 is 1.27 bits per heavy atom. The average Bonchev–Trinajstić information content (AvgIpc) is 3.35. The lowest BCUT2D eigenvalue weighted by atomic mass is 10.2. The first-order valence-electron chi connectivity index (χ1n) is 10.3. The van der Waals surface area contributed by atoms with E-state index in [-0.39, 0.29) is 5.91 Å². The summed E-state index contributed by atoms with van der Waals surface area (Å²) in [5.41, 5.74) is 1.45. The summed E-state index contributed by atoms with van der Waals surface area (Å²) < 4.78 is 3.91. The monoisotopic (exact) mass is 427 g/mol. The number of hydrogen-bond donors (Lipinski definition) is 1. The molecule has 0 saturated heterocycles. The van der Waals surface area contributed by atoms with Crippen LogP contribution in [-0.4, -0.2) is 48.2 Å². The van der Waals surface area contributed by atoms with Gasteiger partial charge in [-0.15, -0.1) is 10.2 Å². The SMILES string of the molecule is CCc1c(C(=O)NCCCc2nnc(SC)n2CC(C)C)cnn1-c1ccccn1. The molecule has 0 aliphatic rings. The molecule has 0 aromatic carbocycles. The molecule has 9 heteroatoms. The highest BCUT2D eigenvalue weighted by Crippen LogP contribution is 2.17. The van der Waals surface area contributed by atoms with Crippen molar-refractivity contribution in [1.82, 2.24) is 34.8 Å². The minimum atomic E-state index is -0.109. The predicted octanol–water partition coefficient (Wildman–Crippen LogP) is 3.16. The van der Waals surface area contributed by atoms with E-state index in [0.717, 1.165) is 36.1 Å². The third kappa shape index (κ3) is 5.08. The second-order valence-electron chi connectivity index (χ2n) is 7.43. The van der Waals surface area contributed by atoms with Crippen molar-refractivity contribution < 1.29 is 4.79 Å². The van der Waals surface area contributed by atoms with Crippen molar-refractivity contribution in [2.45, 2.75) is 51.7 Å². The minimum Gasteiger partial charge on any atom is -0.352 e. The van der Waals surface area contributed by atoms with Crippen molar-refractivity contribution >= 4 is 17.7 Å². The topological polar surface area (TPSA) is 90.5 Å². The molecule has 0 atom stereocenters. The summed E-state index contributed by atoms with van der Waals surface area (Å²) in [6.45, 7) is 7.85. The molecule has 0 bridgehead atoms. The van der Waals surface area contributed by atoms with Gasteiger partial charge in [0.2, 0.25) is 0 Å². The molecular weight excluding hydrogens is 398 g/mol. The Balaban J connectivity index is 1.60. The first-order valence-corrected chi connectivity index (χ1v) is 11.5. The van der Waals surface area contributed by atoms with E-state index < -0.39 is 0 Å². The van der Waals surface area contributed by atoms with Crippen LogP contribution in [0, 0.1) is 5.92 Å². The van der Waals surface area contributed by atoms with Crippen LogP contribution in [0.2, 0.25) is 0 Å². The van der Waals surface area contributed by atoms with Gasteiger partial charge in [0.05, 0.1) is 17.5 Å². The van der Waals surface area contributed by atoms with Crippen LogP contribution in [0.3, 0.4) is 0 Å². The van der Waals surface area contributed by atoms with Crippen LogP contribution in [0.1, 0.15) is 49.1 Å². The molecule has 3 rings (SSSR count). The lowest BCUT2D eigenvalue weighted by Crippen LogP contribution is -2.26. The van der Waals surface area contributed by atoms with Gasteiger partial charge in [-0.25, -0.2) is 9.67 Å². The molecule has 3 heterocycles. The molecule has 3 aromatic rings. The van der Waals surface area contributed by atoms with Crippen molar-refractivity contribution in [2.75, 3.05) is 12.8 Å². The van der Waals surface area contributed by atoms with E-state index in [1.807, 2.05) is 31.4 Å². The fourth-order valence-corrected chi connectivity index (χ4v) is 3.85. The Bertz CT molecular complexity index is 965. The van der Waals surface area contributed by atoms with Gasteiger partial charge in [0.25, 0.3) is 5.91 Å². The summed E-state index contributed by atoms with van der Waals surface area (Å²) in [5.74, 6) is 2.10. The highest BCUT2D eigenvalue weighted by Gasteiger charge is 2.18. The standard InChI is InChI=1S/C21H29N7OS/c1-5-17-16(13-24-28(17)18-9-6-7-11-22-18)20(29)23-12-8-10-19-25-26-21(30-4)27(19)14-15(2)3/h6-7,9,11,13,15H,5,8,10,12,14H2,1-4H3,(H,23,29). The van der Waals surface area contributed by atoms with Crippen LogP contribution >= 0.6 is 11.8 Å². The predicted molar refractivity (Wildman–Crippen MR) is 118 cm³/mol. The number of hydrogen-bond acceptors (Lipinski definition) is 6. The number of pyridine rings is 1. The smallest absolute Gasteiger partial charge is 0.254 e. The molecule has 1 amide bonds. The van der Waals surface area contributed by atoms with Gasteiger partial charge in [0.15, 0.2) is 11.0 Å². The number of amides is 1. The van der Waals surface area contributed by atoms with Crippen LogP contribution in [0.15, 0.2) is 35.7 Å². The zero-order chi connectivity index (χ0) is 21.5. The first kappa shape index (κ1) is 22.0. The Hall–Kier alpha value is -2.68. The minimum absolute atomic E-state index is 0.109. The van der Waals surface area contributed by atoms with E-state index in [1.165, 1.54) is 0 Å². The lowest BCUT2D eigenvalue weighted by Gasteiger charge is -2.12. The van der Waals surface area contributed by atoms with Crippen molar-refractivity contribution in [1.29, 1.82) is 0 Å². The Labute approximate surface area is 181 Å². The maximum absolute atomic E-state index is 12.7. The van der Waals surface area contributed by atoms with Crippen LogP contribution in [0.25, 0.3) is 5.82 Å². The fraction of sp³-hybridized carbons (Fsp3) is 0.476. The molecule has 30 heavy (non-hydrogen) atoms. The van der Waals surface area contributed by atoms with Crippen molar-refractivity contribution in [2.24, 2.45) is 5.92 Å². The van der Waals surface area contributed by atoms with Crippen molar-refractivity contribution in [3.8, 4) is 5.82 Å². The van der Waals surface area contributed by atoms with Gasteiger partial charge < -0.3 is 9.88 Å². The molecule has 0 aliphatic heterocycles. The summed E-state index contributed by atoms with van der Waals surface area (Å²) in [7, 11) is 0. The van der Waals surface area contributed by atoms with E-state index in [9.17, 15) is 4.79 Å². The highest BCUT2D eigenvalue weighted by molar-refractivity contribution is 7.98. The van der Waals surface area contributed by atoms with Crippen LogP contribution in [0.5, 0.6) is 0 Å². The summed E-state index contributed by atoms with van der Waals surface area (Å²) in [6.07, 6.45) is 7.61. The maximum atomic E-state index is 12.7. The normalized spacial score (nSPS) is 11.2. The second-order valence-corrected chi connectivity index (χ2v) is 8.20. The summed E-state index contributed by atoms with van der Waals surface area (Å²) in [4.78, 5) is 17.1. The Kier molecular flexibility index (Phi) is 7.62. The third-order valence-corrected chi connectivity index (χ3v) is 5.37. The molecule has 0 fully saturated rings. The number of nitrogens with zero attached hydrogens (tertiary/aromatic N) is 6. The van der Waals surface area contributed by atoms with Crippen LogP contribution in [-0.2, 0) is 19.4 Å². The summed E-state index contributed by atoms with van der Waals surface area (Å²) in [5, 5.41) is 16.9. The number of nitrogens with one attached hydrogen (secondary N) is 1. The quantitative estimate of drug-likeness (QED) is 0.395. The first-order chi connectivity index (χ1) is 14.5. The van der Waals surface area contributed by atoms with E-state index in [4.69, 9.17) is 0 Å². The molecule has 160 valence electrons. The lowest BCUT2D eigenvalue weighted by molar-refractivity contribution is 0.0952. The van der Waals surface area contributed by atoms with E-state index in [0.29, 0.717) is 30.3 Å². The van der Waals surface area contributed by atoms with Gasteiger partial charge in [0, 0.05) is 25.7 Å². The largest absolute Gasteiger partial charge is 0.352 e. The van der Waals surface area contributed by atoms with E-state index >= 15 is 0 Å². The number of rotatable bonds is 10. The summed E-state index contributed by atoms with van der Waals surface area (Å²) in [6, 6.07) is 5.64. The average molecular weight is 428 g/mol. The number of carbonyl (C=O) groups is 1. The molecule has 8 nitrogen and oxygen atoms in total. The van der Waals surface area contributed by atoms with Gasteiger partial charge >= 0.3 is 0 Å². The zero-order valence-electron chi connectivity index (χ0n) is 18.0. The molecule has 3 aromatic heterocycles. The molecule has 1 N–H and O–H groups in total. The molecule has 0 aliphatic carbocycles.